The van der Waals surface area contributed by atoms with Crippen LogP contribution in [0.4, 0.5) is 5.13 Å². The number of nitrogens with zero attached hydrogens (tertiary/aromatic N) is 1. The first-order valence-electron chi connectivity index (χ1n) is 8.78. The molecule has 0 aliphatic carbocycles. The first-order valence-corrected chi connectivity index (χ1v) is 9.60. The average molecular weight is 408 g/mol. The summed E-state index contributed by atoms with van der Waals surface area (Å²) in [6.07, 6.45) is 0. The quantitative estimate of drug-likeness (QED) is 0.516. The number of carbonyl (C=O) groups excluding carboxylic acids is 2. The maximum absolute atomic E-state index is 12.2. The largest absolute Gasteiger partial charge is 0.450 e. The van der Waals surface area contributed by atoms with Gasteiger partial charge in [0.05, 0.1) is 15.6 Å². The van der Waals surface area contributed by atoms with E-state index in [0.29, 0.717) is 10.5 Å². The van der Waals surface area contributed by atoms with Crippen LogP contribution in [0.2, 0.25) is 0 Å². The van der Waals surface area contributed by atoms with Gasteiger partial charge in [0.15, 0.2) is 17.2 Å². The van der Waals surface area contributed by atoms with Crippen LogP contribution < -0.4 is 10.7 Å². The van der Waals surface area contributed by atoms with Crippen molar-refractivity contribution >= 4 is 49.5 Å². The maximum Gasteiger partial charge on any atom is 0.374 e. The van der Waals surface area contributed by atoms with Crippen molar-refractivity contribution in [3.05, 3.63) is 69.6 Å². The molecule has 1 N–H and O–H groups in total. The van der Waals surface area contributed by atoms with Crippen LogP contribution in [0.15, 0.2) is 51.7 Å². The van der Waals surface area contributed by atoms with Gasteiger partial charge in [0, 0.05) is 6.07 Å². The number of aromatic nitrogens is 1. The van der Waals surface area contributed by atoms with E-state index in [1.165, 1.54) is 11.3 Å². The normalized spacial score (nSPS) is 11.0. The second-order valence-corrected chi connectivity index (χ2v) is 7.57. The van der Waals surface area contributed by atoms with Crippen molar-refractivity contribution in [3.63, 3.8) is 0 Å². The van der Waals surface area contributed by atoms with Gasteiger partial charge in [0.25, 0.3) is 5.91 Å². The summed E-state index contributed by atoms with van der Waals surface area (Å²) in [5.41, 5.74) is 2.88. The molecular formula is C21H16N2O5S. The van der Waals surface area contributed by atoms with Crippen molar-refractivity contribution in [2.75, 3.05) is 11.9 Å². The Morgan fingerprint density at radius 3 is 2.79 bits per heavy atom. The SMILES string of the molecule is Cc1cc(C)c2nc(NC(=O)COC(=O)c3cc(=O)c4ccccc4o3)sc2c1. The highest BCUT2D eigenvalue weighted by molar-refractivity contribution is 7.22. The summed E-state index contributed by atoms with van der Waals surface area (Å²) in [6, 6.07) is 11.6. The average Bonchev–Trinajstić information content (AvgIpc) is 3.08. The molecule has 0 atom stereocenters. The Balaban J connectivity index is 1.44. The molecule has 0 spiro atoms. The number of amides is 1. The molecule has 0 fully saturated rings. The summed E-state index contributed by atoms with van der Waals surface area (Å²) >= 11 is 1.34. The molecule has 4 aromatic rings. The fraction of sp³-hybridized carbons (Fsp3) is 0.143. The molecule has 2 aromatic heterocycles. The predicted molar refractivity (Wildman–Crippen MR) is 110 cm³/mol. The van der Waals surface area contributed by atoms with Crippen molar-refractivity contribution in [1.29, 1.82) is 0 Å². The van der Waals surface area contributed by atoms with Crippen LogP contribution in [0.25, 0.3) is 21.2 Å². The first kappa shape index (κ1) is 18.8. The minimum absolute atomic E-state index is 0.257. The summed E-state index contributed by atoms with van der Waals surface area (Å²) in [4.78, 5) is 40.8. The summed E-state index contributed by atoms with van der Waals surface area (Å²) in [5.74, 6) is -1.68. The Kier molecular flexibility index (Phi) is 4.85. The van der Waals surface area contributed by atoms with Crippen LogP contribution in [0, 0.1) is 13.8 Å². The minimum Gasteiger partial charge on any atom is -0.450 e. The summed E-state index contributed by atoms with van der Waals surface area (Å²) in [5, 5.41) is 3.41. The summed E-state index contributed by atoms with van der Waals surface area (Å²) in [6.45, 7) is 3.43. The maximum atomic E-state index is 12.2. The van der Waals surface area contributed by atoms with Gasteiger partial charge >= 0.3 is 5.97 Å². The number of hydrogen-bond donors (Lipinski definition) is 1. The van der Waals surface area contributed by atoms with Gasteiger partial charge < -0.3 is 9.15 Å². The molecule has 0 saturated carbocycles. The molecule has 0 saturated heterocycles. The number of benzene rings is 2. The standard InChI is InChI=1S/C21H16N2O5S/c1-11-7-12(2)19-17(8-11)29-21(23-19)22-18(25)10-27-20(26)16-9-14(24)13-5-3-4-6-15(13)28-16/h3-9H,10H2,1-2H3,(H,22,23,25). The third-order valence-electron chi connectivity index (χ3n) is 4.25. The number of carbonyl (C=O) groups is 2. The second-order valence-electron chi connectivity index (χ2n) is 6.54. The van der Waals surface area contributed by atoms with Crippen LogP contribution in [0.3, 0.4) is 0 Å². The van der Waals surface area contributed by atoms with E-state index in [0.717, 1.165) is 27.4 Å². The molecule has 146 valence electrons. The molecule has 8 heteroatoms. The zero-order valence-corrected chi connectivity index (χ0v) is 16.5. The van der Waals surface area contributed by atoms with Crippen LogP contribution in [0.5, 0.6) is 0 Å². The van der Waals surface area contributed by atoms with Gasteiger partial charge in [-0.3, -0.25) is 14.9 Å². The Bertz CT molecular complexity index is 1320. The van der Waals surface area contributed by atoms with Gasteiger partial charge in [0.1, 0.15) is 5.58 Å². The van der Waals surface area contributed by atoms with Crippen LogP contribution in [-0.2, 0) is 9.53 Å². The number of hydrogen-bond acceptors (Lipinski definition) is 7. The van der Waals surface area contributed by atoms with Crippen LogP contribution >= 0.6 is 11.3 Å². The van der Waals surface area contributed by atoms with Crippen LogP contribution in [-0.4, -0.2) is 23.5 Å². The van der Waals surface area contributed by atoms with Crippen LogP contribution in [0.1, 0.15) is 21.7 Å². The predicted octanol–water partition coefficient (Wildman–Crippen LogP) is 3.82. The molecule has 0 unspecified atom stereocenters. The number of esters is 1. The lowest BCUT2D eigenvalue weighted by molar-refractivity contribution is -0.119. The highest BCUT2D eigenvalue weighted by Crippen LogP contribution is 2.29. The van der Waals surface area contributed by atoms with E-state index in [-0.39, 0.29) is 16.8 Å². The number of thiazole rings is 1. The Labute approximate surface area is 168 Å². The molecule has 0 bridgehead atoms. The molecule has 2 aromatic carbocycles. The molecule has 29 heavy (non-hydrogen) atoms. The van der Waals surface area contributed by atoms with E-state index in [4.69, 9.17) is 9.15 Å². The third kappa shape index (κ3) is 3.88. The summed E-state index contributed by atoms with van der Waals surface area (Å²) in [7, 11) is 0. The summed E-state index contributed by atoms with van der Waals surface area (Å²) < 4.78 is 11.3. The van der Waals surface area contributed by atoms with Gasteiger partial charge in [-0.15, -0.1) is 0 Å². The van der Waals surface area contributed by atoms with E-state index in [9.17, 15) is 14.4 Å². The smallest absolute Gasteiger partial charge is 0.374 e. The topological polar surface area (TPSA) is 98.5 Å². The molecule has 2 heterocycles. The van der Waals surface area contributed by atoms with E-state index in [1.54, 1.807) is 24.3 Å². The lowest BCUT2D eigenvalue weighted by Gasteiger charge is -2.05. The zero-order valence-electron chi connectivity index (χ0n) is 15.6. The van der Waals surface area contributed by atoms with Crippen molar-refractivity contribution in [2.24, 2.45) is 0 Å². The molecule has 0 aliphatic rings. The highest BCUT2D eigenvalue weighted by atomic mass is 32.1. The fourth-order valence-corrected chi connectivity index (χ4v) is 4.04. The van der Waals surface area contributed by atoms with E-state index in [2.05, 4.69) is 10.3 Å². The lowest BCUT2D eigenvalue weighted by Crippen LogP contribution is -2.21. The molecule has 7 nitrogen and oxygen atoms in total. The first-order chi connectivity index (χ1) is 13.9. The lowest BCUT2D eigenvalue weighted by atomic mass is 10.1. The molecule has 0 radical (unpaired) electrons. The Hall–Kier alpha value is -3.52. The number of aryl methyl sites for hydroxylation is 2. The van der Waals surface area contributed by atoms with Crippen molar-refractivity contribution in [3.8, 4) is 0 Å². The van der Waals surface area contributed by atoms with Gasteiger partial charge in [-0.2, -0.15) is 0 Å². The van der Waals surface area contributed by atoms with Gasteiger partial charge in [-0.1, -0.05) is 29.5 Å². The third-order valence-corrected chi connectivity index (χ3v) is 5.16. The van der Waals surface area contributed by atoms with Crippen molar-refractivity contribution in [1.82, 2.24) is 4.98 Å². The van der Waals surface area contributed by atoms with Crippen molar-refractivity contribution < 1.29 is 18.7 Å². The van der Waals surface area contributed by atoms with Gasteiger partial charge in [-0.05, 0) is 43.2 Å². The zero-order chi connectivity index (χ0) is 20.5. The van der Waals surface area contributed by atoms with Crippen molar-refractivity contribution in [2.45, 2.75) is 13.8 Å². The highest BCUT2D eigenvalue weighted by Gasteiger charge is 2.16. The second kappa shape index (κ2) is 7.48. The number of fused-ring (bicyclic) bond motifs is 2. The Morgan fingerprint density at radius 2 is 1.97 bits per heavy atom. The number of rotatable bonds is 4. The van der Waals surface area contributed by atoms with E-state index in [1.807, 2.05) is 26.0 Å². The molecule has 0 aliphatic heterocycles. The Morgan fingerprint density at radius 1 is 1.17 bits per heavy atom. The number of nitrogens with one attached hydrogen (secondary N) is 1. The van der Waals surface area contributed by atoms with Gasteiger partial charge in [-0.25, -0.2) is 9.78 Å². The monoisotopic (exact) mass is 408 g/mol. The number of anilines is 1. The fourth-order valence-electron chi connectivity index (χ4n) is 2.99. The molecular weight excluding hydrogens is 392 g/mol. The molecule has 1 amide bonds. The number of ether oxygens (including phenoxy) is 1. The van der Waals surface area contributed by atoms with E-state index >= 15 is 0 Å². The molecule has 4 rings (SSSR count). The van der Waals surface area contributed by atoms with Gasteiger partial charge in [0.2, 0.25) is 5.76 Å². The number of para-hydroxylation sites is 1. The minimum atomic E-state index is -0.890. The van der Waals surface area contributed by atoms with E-state index < -0.39 is 18.5 Å².